The Labute approximate surface area is 92.8 Å². The summed E-state index contributed by atoms with van der Waals surface area (Å²) in [5.74, 6) is -0.835. The Hall–Kier alpha value is -1.37. The summed E-state index contributed by atoms with van der Waals surface area (Å²) in [7, 11) is -2.98. The summed E-state index contributed by atoms with van der Waals surface area (Å²) in [6.07, 6.45) is 1.77. The molecule has 1 aromatic rings. The number of nitrogens with zero attached hydrogens (tertiary/aromatic N) is 2. The van der Waals surface area contributed by atoms with E-state index in [1.54, 1.807) is 6.92 Å². The Morgan fingerprint density at radius 1 is 1.62 bits per heavy atom. The lowest BCUT2D eigenvalue weighted by Gasteiger charge is -2.10. The van der Waals surface area contributed by atoms with Gasteiger partial charge in [0, 0.05) is 0 Å². The second kappa shape index (κ2) is 3.58. The standard InChI is InChI=1S/C9H12N2O4S/c1-6-8(9(12)13)4-10-11(6)7-2-3-16(14,15)5-7/h4,7H,2-3,5H2,1H3,(H,12,13)/t7-/m1/s1. The van der Waals surface area contributed by atoms with Crippen LogP contribution in [0.3, 0.4) is 0 Å². The highest BCUT2D eigenvalue weighted by Gasteiger charge is 2.31. The van der Waals surface area contributed by atoms with Crippen LogP contribution < -0.4 is 0 Å². The highest BCUT2D eigenvalue weighted by Crippen LogP contribution is 2.25. The van der Waals surface area contributed by atoms with Gasteiger partial charge in [0.2, 0.25) is 0 Å². The summed E-state index contributed by atoms with van der Waals surface area (Å²) in [6, 6.07) is -0.224. The maximum atomic E-state index is 11.3. The van der Waals surface area contributed by atoms with E-state index >= 15 is 0 Å². The lowest BCUT2D eigenvalue weighted by Crippen LogP contribution is -2.14. The van der Waals surface area contributed by atoms with Gasteiger partial charge in [-0.1, -0.05) is 0 Å². The molecule has 7 heteroatoms. The van der Waals surface area contributed by atoms with Crippen molar-refractivity contribution in [2.75, 3.05) is 11.5 Å². The molecule has 0 unspecified atom stereocenters. The van der Waals surface area contributed by atoms with E-state index in [0.29, 0.717) is 12.1 Å². The van der Waals surface area contributed by atoms with Crippen LogP contribution in [0.4, 0.5) is 0 Å². The number of hydrogen-bond donors (Lipinski definition) is 1. The molecule has 1 aliphatic rings. The highest BCUT2D eigenvalue weighted by atomic mass is 32.2. The molecule has 1 N–H and O–H groups in total. The summed E-state index contributed by atoms with van der Waals surface area (Å²) in [5, 5.41) is 12.8. The molecule has 6 nitrogen and oxygen atoms in total. The average molecular weight is 244 g/mol. The van der Waals surface area contributed by atoms with E-state index in [4.69, 9.17) is 5.11 Å². The molecule has 0 bridgehead atoms. The zero-order valence-corrected chi connectivity index (χ0v) is 9.57. The first kappa shape index (κ1) is 11.1. The third kappa shape index (κ3) is 1.82. The molecule has 88 valence electrons. The van der Waals surface area contributed by atoms with Crippen molar-refractivity contribution in [3.05, 3.63) is 17.5 Å². The number of carbonyl (C=O) groups is 1. The molecule has 0 aliphatic carbocycles. The van der Waals surface area contributed by atoms with Crippen molar-refractivity contribution in [2.45, 2.75) is 19.4 Å². The summed E-state index contributed by atoms with van der Waals surface area (Å²) in [6.45, 7) is 1.64. The van der Waals surface area contributed by atoms with Crippen LogP contribution in [0, 0.1) is 6.92 Å². The van der Waals surface area contributed by atoms with E-state index in [1.165, 1.54) is 10.9 Å². The predicted molar refractivity (Wildman–Crippen MR) is 56.2 cm³/mol. The zero-order valence-electron chi connectivity index (χ0n) is 8.75. The zero-order chi connectivity index (χ0) is 11.9. The monoisotopic (exact) mass is 244 g/mol. The van der Waals surface area contributed by atoms with Crippen molar-refractivity contribution in [1.29, 1.82) is 0 Å². The Morgan fingerprint density at radius 2 is 2.31 bits per heavy atom. The SMILES string of the molecule is Cc1c(C(=O)O)cnn1[C@@H]1CCS(=O)(=O)C1. The van der Waals surface area contributed by atoms with E-state index in [-0.39, 0.29) is 23.1 Å². The Morgan fingerprint density at radius 3 is 2.75 bits per heavy atom. The molecule has 0 radical (unpaired) electrons. The average Bonchev–Trinajstić information content (AvgIpc) is 2.69. The maximum Gasteiger partial charge on any atom is 0.339 e. The number of carboxylic acids is 1. The third-order valence-corrected chi connectivity index (χ3v) is 4.58. The molecule has 2 heterocycles. The molecular weight excluding hydrogens is 232 g/mol. The molecule has 2 rings (SSSR count). The lowest BCUT2D eigenvalue weighted by atomic mass is 10.2. The van der Waals surface area contributed by atoms with Crippen molar-refractivity contribution in [2.24, 2.45) is 0 Å². The van der Waals surface area contributed by atoms with Gasteiger partial charge in [0.25, 0.3) is 0 Å². The second-order valence-corrected chi connectivity index (χ2v) is 6.18. The fourth-order valence-electron chi connectivity index (χ4n) is 1.97. The van der Waals surface area contributed by atoms with Gasteiger partial charge in [-0.3, -0.25) is 4.68 Å². The Balaban J connectivity index is 2.33. The van der Waals surface area contributed by atoms with Crippen molar-refractivity contribution < 1.29 is 18.3 Å². The van der Waals surface area contributed by atoms with Gasteiger partial charge in [0.1, 0.15) is 5.56 Å². The van der Waals surface area contributed by atoms with Gasteiger partial charge in [-0.05, 0) is 13.3 Å². The number of carboxylic acid groups (broad SMARTS) is 1. The van der Waals surface area contributed by atoms with Crippen LogP contribution in [-0.2, 0) is 9.84 Å². The molecular formula is C9H12N2O4S. The summed E-state index contributed by atoms with van der Waals surface area (Å²) >= 11 is 0. The van der Waals surface area contributed by atoms with Crippen LogP contribution in [0.15, 0.2) is 6.20 Å². The van der Waals surface area contributed by atoms with Crippen molar-refractivity contribution >= 4 is 15.8 Å². The summed E-state index contributed by atoms with van der Waals surface area (Å²) < 4.78 is 24.1. The molecule has 1 saturated heterocycles. The van der Waals surface area contributed by atoms with E-state index in [9.17, 15) is 13.2 Å². The third-order valence-electron chi connectivity index (χ3n) is 2.83. The first-order valence-electron chi connectivity index (χ1n) is 4.88. The summed E-state index contributed by atoms with van der Waals surface area (Å²) in [4.78, 5) is 10.8. The number of rotatable bonds is 2. The molecule has 0 aromatic carbocycles. The van der Waals surface area contributed by atoms with Crippen molar-refractivity contribution in [3.63, 3.8) is 0 Å². The van der Waals surface area contributed by atoms with Gasteiger partial charge < -0.3 is 5.11 Å². The van der Waals surface area contributed by atoms with Gasteiger partial charge >= 0.3 is 5.97 Å². The minimum Gasteiger partial charge on any atom is -0.478 e. The maximum absolute atomic E-state index is 11.3. The molecule has 0 amide bonds. The van der Waals surface area contributed by atoms with E-state index < -0.39 is 15.8 Å². The first-order valence-corrected chi connectivity index (χ1v) is 6.70. The Kier molecular flexibility index (Phi) is 2.49. The van der Waals surface area contributed by atoms with E-state index in [2.05, 4.69) is 5.10 Å². The molecule has 1 aliphatic heterocycles. The molecule has 16 heavy (non-hydrogen) atoms. The fourth-order valence-corrected chi connectivity index (χ4v) is 3.66. The van der Waals surface area contributed by atoms with Gasteiger partial charge in [-0.2, -0.15) is 5.10 Å². The number of hydrogen-bond acceptors (Lipinski definition) is 4. The quantitative estimate of drug-likeness (QED) is 0.805. The first-order chi connectivity index (χ1) is 7.41. The van der Waals surface area contributed by atoms with Crippen LogP contribution in [0.25, 0.3) is 0 Å². The van der Waals surface area contributed by atoms with Crippen LogP contribution in [0.5, 0.6) is 0 Å². The van der Waals surface area contributed by atoms with Crippen molar-refractivity contribution in [3.8, 4) is 0 Å². The van der Waals surface area contributed by atoms with Gasteiger partial charge in [-0.15, -0.1) is 0 Å². The van der Waals surface area contributed by atoms with Gasteiger partial charge in [0.05, 0.1) is 29.4 Å². The lowest BCUT2D eigenvalue weighted by molar-refractivity contribution is 0.0696. The Bertz CT molecular complexity index is 532. The fraction of sp³-hybridized carbons (Fsp3) is 0.556. The predicted octanol–water partition coefficient (Wildman–Crippen LogP) is 0.249. The second-order valence-electron chi connectivity index (χ2n) is 3.95. The number of aromatic carboxylic acids is 1. The topological polar surface area (TPSA) is 89.3 Å². The minimum atomic E-state index is -2.98. The van der Waals surface area contributed by atoms with Gasteiger partial charge in [-0.25, -0.2) is 13.2 Å². The van der Waals surface area contributed by atoms with Crippen LogP contribution >= 0.6 is 0 Å². The van der Waals surface area contributed by atoms with Crippen LogP contribution in [-0.4, -0.2) is 40.8 Å². The molecule has 1 atom stereocenters. The molecule has 1 fully saturated rings. The molecule has 0 spiro atoms. The van der Waals surface area contributed by atoms with Crippen LogP contribution in [0.2, 0.25) is 0 Å². The normalized spacial score (nSPS) is 23.4. The number of sulfone groups is 1. The van der Waals surface area contributed by atoms with Crippen molar-refractivity contribution in [1.82, 2.24) is 9.78 Å². The van der Waals surface area contributed by atoms with E-state index in [0.717, 1.165) is 0 Å². The minimum absolute atomic E-state index is 0.0502. The van der Waals surface area contributed by atoms with E-state index in [1.807, 2.05) is 0 Å². The number of aromatic nitrogens is 2. The molecule has 0 saturated carbocycles. The van der Waals surface area contributed by atoms with Gasteiger partial charge in [0.15, 0.2) is 9.84 Å². The summed E-state index contributed by atoms with van der Waals surface area (Å²) in [5.41, 5.74) is 0.638. The highest BCUT2D eigenvalue weighted by molar-refractivity contribution is 7.91. The largest absolute Gasteiger partial charge is 0.478 e. The van der Waals surface area contributed by atoms with Crippen LogP contribution in [0.1, 0.15) is 28.5 Å². The smallest absolute Gasteiger partial charge is 0.339 e. The molecule has 1 aromatic heterocycles.